The van der Waals surface area contributed by atoms with E-state index in [1.54, 1.807) is 0 Å². The molecule has 0 spiro atoms. The minimum absolute atomic E-state index is 0.871. The molecular formula is C52H34N2O. The minimum Gasteiger partial charge on any atom is -0.456 e. The molecule has 11 aromatic rings. The number of nitrogens with zero attached hydrogens (tertiary/aromatic N) is 2. The van der Waals surface area contributed by atoms with Gasteiger partial charge in [-0.1, -0.05) is 140 Å². The number of para-hydroxylation sites is 2. The summed E-state index contributed by atoms with van der Waals surface area (Å²) in [5, 5.41) is 7.10. The van der Waals surface area contributed by atoms with E-state index in [0.717, 1.165) is 55.8 Å². The van der Waals surface area contributed by atoms with Gasteiger partial charge in [-0.15, -0.1) is 0 Å². The van der Waals surface area contributed by atoms with Gasteiger partial charge in [-0.25, -0.2) is 0 Å². The summed E-state index contributed by atoms with van der Waals surface area (Å²) in [5.41, 5.74) is 13.2. The van der Waals surface area contributed by atoms with E-state index in [9.17, 15) is 0 Å². The second kappa shape index (κ2) is 12.6. The number of furan rings is 1. The van der Waals surface area contributed by atoms with Crippen molar-refractivity contribution in [2.45, 2.75) is 0 Å². The predicted molar refractivity (Wildman–Crippen MR) is 231 cm³/mol. The number of fused-ring (bicyclic) bond motifs is 7. The van der Waals surface area contributed by atoms with E-state index < -0.39 is 0 Å². The molecule has 0 radical (unpaired) electrons. The lowest BCUT2D eigenvalue weighted by Gasteiger charge is -2.27. The van der Waals surface area contributed by atoms with Crippen molar-refractivity contribution in [2.24, 2.45) is 0 Å². The topological polar surface area (TPSA) is 21.3 Å². The first kappa shape index (κ1) is 31.2. The quantitative estimate of drug-likeness (QED) is 0.172. The predicted octanol–water partition coefficient (Wildman–Crippen LogP) is 14.6. The van der Waals surface area contributed by atoms with Crippen molar-refractivity contribution in [3.8, 4) is 27.9 Å². The Labute approximate surface area is 318 Å². The van der Waals surface area contributed by atoms with Crippen LogP contribution < -0.4 is 4.90 Å². The van der Waals surface area contributed by atoms with Crippen LogP contribution >= 0.6 is 0 Å². The van der Waals surface area contributed by atoms with Crippen molar-refractivity contribution in [3.05, 3.63) is 206 Å². The molecule has 0 saturated heterocycles. The molecule has 0 fully saturated rings. The van der Waals surface area contributed by atoms with Gasteiger partial charge in [0.25, 0.3) is 0 Å². The van der Waals surface area contributed by atoms with Crippen LogP contribution in [0.5, 0.6) is 0 Å². The Morgan fingerprint density at radius 1 is 0.345 bits per heavy atom. The van der Waals surface area contributed by atoms with Crippen molar-refractivity contribution in [1.29, 1.82) is 0 Å². The lowest BCUT2D eigenvalue weighted by atomic mass is 10.0. The first-order valence-electron chi connectivity index (χ1n) is 18.8. The fraction of sp³-hybridized carbons (Fsp3) is 0. The zero-order chi connectivity index (χ0) is 36.3. The monoisotopic (exact) mass is 702 g/mol. The summed E-state index contributed by atoms with van der Waals surface area (Å²) in [4.78, 5) is 2.36. The summed E-state index contributed by atoms with van der Waals surface area (Å²) in [6.07, 6.45) is 0. The molecule has 0 aliphatic heterocycles. The van der Waals surface area contributed by atoms with Gasteiger partial charge in [0.2, 0.25) is 0 Å². The number of anilines is 3. The van der Waals surface area contributed by atoms with E-state index in [4.69, 9.17) is 4.42 Å². The minimum atomic E-state index is 0.871. The van der Waals surface area contributed by atoms with Crippen LogP contribution in [0.4, 0.5) is 17.1 Å². The van der Waals surface area contributed by atoms with Gasteiger partial charge in [0.05, 0.1) is 16.7 Å². The highest BCUT2D eigenvalue weighted by Gasteiger charge is 2.19. The van der Waals surface area contributed by atoms with Crippen LogP contribution in [0.2, 0.25) is 0 Å². The van der Waals surface area contributed by atoms with Gasteiger partial charge in [0.1, 0.15) is 11.2 Å². The van der Waals surface area contributed by atoms with Crippen LogP contribution in [0.1, 0.15) is 0 Å². The fourth-order valence-corrected chi connectivity index (χ4v) is 8.37. The van der Waals surface area contributed by atoms with Crippen molar-refractivity contribution < 1.29 is 4.42 Å². The second-order valence-corrected chi connectivity index (χ2v) is 14.2. The maximum absolute atomic E-state index is 6.41. The maximum atomic E-state index is 6.41. The van der Waals surface area contributed by atoms with Crippen molar-refractivity contribution in [2.75, 3.05) is 4.90 Å². The van der Waals surface area contributed by atoms with Gasteiger partial charge in [-0.05, 0) is 88.3 Å². The number of aromatic nitrogens is 1. The van der Waals surface area contributed by atoms with E-state index in [-0.39, 0.29) is 0 Å². The SMILES string of the molecule is c1ccc(-c2ccc(-n3c4ccccc4c4ccc(-c5cccc(N(c6ccc7c(c6)oc6ccccc67)c6cccc7ccccc67)c5)cc43)cc2)cc1. The first-order chi connectivity index (χ1) is 27.3. The zero-order valence-corrected chi connectivity index (χ0v) is 29.9. The second-order valence-electron chi connectivity index (χ2n) is 14.2. The van der Waals surface area contributed by atoms with Crippen LogP contribution in [0.15, 0.2) is 211 Å². The molecule has 9 aromatic carbocycles. The van der Waals surface area contributed by atoms with E-state index >= 15 is 0 Å². The highest BCUT2D eigenvalue weighted by molar-refractivity contribution is 6.11. The number of benzene rings is 9. The van der Waals surface area contributed by atoms with Gasteiger partial charge >= 0.3 is 0 Å². The molecule has 2 heterocycles. The number of hydrogen-bond acceptors (Lipinski definition) is 2. The van der Waals surface area contributed by atoms with Crippen LogP contribution in [-0.2, 0) is 0 Å². The molecule has 0 unspecified atom stereocenters. The van der Waals surface area contributed by atoms with Crippen LogP contribution in [-0.4, -0.2) is 4.57 Å². The van der Waals surface area contributed by atoms with Crippen LogP contribution in [0, 0.1) is 0 Å². The van der Waals surface area contributed by atoms with Crippen molar-refractivity contribution in [3.63, 3.8) is 0 Å². The molecule has 2 aromatic heterocycles. The third-order valence-corrected chi connectivity index (χ3v) is 11.0. The Kier molecular flexibility index (Phi) is 7.17. The molecule has 0 saturated carbocycles. The van der Waals surface area contributed by atoms with Gasteiger partial charge in [-0.3, -0.25) is 0 Å². The smallest absolute Gasteiger partial charge is 0.137 e. The molecule has 0 aliphatic rings. The largest absolute Gasteiger partial charge is 0.456 e. The van der Waals surface area contributed by atoms with E-state index in [2.05, 4.69) is 204 Å². The lowest BCUT2D eigenvalue weighted by molar-refractivity contribution is 0.669. The molecular weight excluding hydrogens is 669 g/mol. The average molecular weight is 703 g/mol. The fourth-order valence-electron chi connectivity index (χ4n) is 8.37. The normalized spacial score (nSPS) is 11.6. The van der Waals surface area contributed by atoms with E-state index in [1.807, 2.05) is 12.1 Å². The molecule has 0 aliphatic carbocycles. The zero-order valence-electron chi connectivity index (χ0n) is 29.9. The van der Waals surface area contributed by atoms with Gasteiger partial charge in [0.15, 0.2) is 0 Å². The molecule has 258 valence electrons. The highest BCUT2D eigenvalue weighted by Crippen LogP contribution is 2.43. The van der Waals surface area contributed by atoms with Gasteiger partial charge in [0, 0.05) is 50.1 Å². The van der Waals surface area contributed by atoms with Crippen LogP contribution in [0.3, 0.4) is 0 Å². The Balaban J connectivity index is 1.07. The van der Waals surface area contributed by atoms with E-state index in [1.165, 1.54) is 43.7 Å². The number of hydrogen-bond donors (Lipinski definition) is 0. The summed E-state index contributed by atoms with van der Waals surface area (Å²) in [6, 6.07) is 74.0. The summed E-state index contributed by atoms with van der Waals surface area (Å²) >= 11 is 0. The summed E-state index contributed by atoms with van der Waals surface area (Å²) < 4.78 is 8.81. The molecule has 0 atom stereocenters. The van der Waals surface area contributed by atoms with Gasteiger partial charge in [-0.2, -0.15) is 0 Å². The number of rotatable bonds is 6. The summed E-state index contributed by atoms with van der Waals surface area (Å²) in [7, 11) is 0. The molecule has 0 N–H and O–H groups in total. The maximum Gasteiger partial charge on any atom is 0.137 e. The third-order valence-electron chi connectivity index (χ3n) is 11.0. The van der Waals surface area contributed by atoms with Gasteiger partial charge < -0.3 is 13.9 Å². The molecule has 3 heteroatoms. The summed E-state index contributed by atoms with van der Waals surface area (Å²) in [6.45, 7) is 0. The Bertz CT molecular complexity index is 3200. The average Bonchev–Trinajstić information content (AvgIpc) is 3.79. The van der Waals surface area contributed by atoms with Crippen molar-refractivity contribution in [1.82, 2.24) is 4.57 Å². The molecule has 0 bridgehead atoms. The highest BCUT2D eigenvalue weighted by atomic mass is 16.3. The molecule has 55 heavy (non-hydrogen) atoms. The van der Waals surface area contributed by atoms with Crippen molar-refractivity contribution >= 4 is 71.6 Å². The molecule has 0 amide bonds. The Hall–Kier alpha value is -7.36. The molecule has 3 nitrogen and oxygen atoms in total. The summed E-state index contributed by atoms with van der Waals surface area (Å²) in [5.74, 6) is 0. The molecule has 11 rings (SSSR count). The Morgan fingerprint density at radius 3 is 1.84 bits per heavy atom. The van der Waals surface area contributed by atoms with Crippen LogP contribution in [0.25, 0.3) is 82.5 Å². The first-order valence-corrected chi connectivity index (χ1v) is 18.8. The lowest BCUT2D eigenvalue weighted by Crippen LogP contribution is -2.10. The van der Waals surface area contributed by atoms with E-state index in [0.29, 0.717) is 0 Å². The Morgan fingerprint density at radius 2 is 0.945 bits per heavy atom. The third kappa shape index (κ3) is 5.20. The standard InChI is InChI=1S/C52H34N2O/c1-2-12-35(13-3-1)36-24-27-40(28-25-36)54-49-21-8-6-19-44(49)45-30-26-39(33-50(45)54)38-16-10-17-41(32-38)53(48-22-11-15-37-14-4-5-18-43(37)48)42-29-31-47-46-20-7-9-23-51(46)55-52(47)34-42/h1-34H.